The number of carbonyl (C=O) groups excluding carboxylic acids is 2. The summed E-state index contributed by atoms with van der Waals surface area (Å²) in [6.45, 7) is 0. The molecule has 0 bridgehead atoms. The molecule has 1 aliphatic heterocycles. The van der Waals surface area contributed by atoms with Gasteiger partial charge < -0.3 is 9.82 Å². The Balaban J connectivity index is 1.56. The van der Waals surface area contributed by atoms with E-state index in [-0.39, 0.29) is 17.7 Å². The predicted molar refractivity (Wildman–Crippen MR) is 104 cm³/mol. The molecule has 2 heterocycles. The van der Waals surface area contributed by atoms with Crippen LogP contribution in [0.3, 0.4) is 0 Å². The van der Waals surface area contributed by atoms with E-state index in [1.807, 2.05) is 36.4 Å². The number of oxime groups is 1. The Bertz CT molecular complexity index is 1140. The fourth-order valence-electron chi connectivity index (χ4n) is 3.23. The van der Waals surface area contributed by atoms with Crippen molar-refractivity contribution in [3.05, 3.63) is 70.9 Å². The van der Waals surface area contributed by atoms with Gasteiger partial charge in [-0.3, -0.25) is 9.59 Å². The van der Waals surface area contributed by atoms with Crippen molar-refractivity contribution in [3.63, 3.8) is 0 Å². The zero-order valence-electron chi connectivity index (χ0n) is 14.6. The topological polar surface area (TPSA) is 95.3 Å². The predicted octanol–water partition coefficient (Wildman–Crippen LogP) is 4.23. The molecular weight excluding hydrogens is 378 g/mol. The molecule has 3 aromatic rings. The minimum absolute atomic E-state index is 0.0941. The van der Waals surface area contributed by atoms with Crippen molar-refractivity contribution in [3.8, 4) is 6.07 Å². The van der Waals surface area contributed by atoms with Crippen LogP contribution in [0.25, 0.3) is 10.9 Å². The Labute approximate surface area is 165 Å². The number of fused-ring (bicyclic) bond motifs is 1. The third-order valence-electron chi connectivity index (χ3n) is 4.69. The summed E-state index contributed by atoms with van der Waals surface area (Å²) in [7, 11) is 0. The van der Waals surface area contributed by atoms with E-state index in [0.29, 0.717) is 15.9 Å². The van der Waals surface area contributed by atoms with E-state index in [1.54, 1.807) is 18.2 Å². The first-order valence-corrected chi connectivity index (χ1v) is 8.98. The second kappa shape index (κ2) is 7.29. The van der Waals surface area contributed by atoms with Crippen LogP contribution in [-0.2, 0) is 9.63 Å². The van der Waals surface area contributed by atoms with Crippen LogP contribution in [-0.4, -0.2) is 22.3 Å². The van der Waals surface area contributed by atoms with Gasteiger partial charge >= 0.3 is 0 Å². The standard InChI is InChI=1S/C21H14ClN3O3/c22-13-6-7-14-16(11-24-17(14)8-13)20(26)15(10-23)21(27)18-9-19(28-25-18)12-4-2-1-3-5-12/h1-8,11,15,19,24H,9H2. The second-order valence-corrected chi connectivity index (χ2v) is 6.87. The van der Waals surface area contributed by atoms with Crippen LogP contribution in [0.1, 0.15) is 28.4 Å². The molecular formula is C21H14ClN3O3. The van der Waals surface area contributed by atoms with Gasteiger partial charge in [-0.15, -0.1) is 0 Å². The molecule has 0 saturated heterocycles. The molecule has 7 heteroatoms. The van der Waals surface area contributed by atoms with E-state index in [0.717, 1.165) is 5.56 Å². The first-order chi connectivity index (χ1) is 13.6. The van der Waals surface area contributed by atoms with E-state index >= 15 is 0 Å². The van der Waals surface area contributed by atoms with Crippen LogP contribution in [0.15, 0.2) is 59.9 Å². The minimum Gasteiger partial charge on any atom is -0.387 e. The number of ketones is 2. The molecule has 2 aromatic carbocycles. The number of H-pyrrole nitrogens is 1. The molecule has 0 aliphatic carbocycles. The van der Waals surface area contributed by atoms with Gasteiger partial charge in [-0.05, 0) is 17.7 Å². The molecule has 0 saturated carbocycles. The van der Waals surface area contributed by atoms with E-state index in [1.165, 1.54) is 6.20 Å². The van der Waals surface area contributed by atoms with Crippen LogP contribution in [0.5, 0.6) is 0 Å². The smallest absolute Gasteiger partial charge is 0.205 e. The van der Waals surface area contributed by atoms with E-state index in [4.69, 9.17) is 16.4 Å². The van der Waals surface area contributed by atoms with Gasteiger partial charge in [0.25, 0.3) is 0 Å². The number of aromatic nitrogens is 1. The summed E-state index contributed by atoms with van der Waals surface area (Å²) in [6, 6.07) is 16.2. The van der Waals surface area contributed by atoms with Crippen LogP contribution in [0.2, 0.25) is 5.02 Å². The van der Waals surface area contributed by atoms with E-state index in [2.05, 4.69) is 10.1 Å². The lowest BCUT2D eigenvalue weighted by molar-refractivity contribution is -0.114. The number of rotatable bonds is 5. The summed E-state index contributed by atoms with van der Waals surface area (Å²) in [4.78, 5) is 34.0. The van der Waals surface area contributed by atoms with Gasteiger partial charge in [0, 0.05) is 34.1 Å². The molecule has 1 N–H and O–H groups in total. The summed E-state index contributed by atoms with van der Waals surface area (Å²) >= 11 is 5.96. The van der Waals surface area contributed by atoms with Crippen molar-refractivity contribution >= 4 is 39.8 Å². The average molecular weight is 392 g/mol. The van der Waals surface area contributed by atoms with Crippen molar-refractivity contribution in [2.24, 2.45) is 11.1 Å². The first-order valence-electron chi connectivity index (χ1n) is 8.61. The monoisotopic (exact) mass is 391 g/mol. The number of benzene rings is 2. The highest BCUT2D eigenvalue weighted by molar-refractivity contribution is 6.46. The van der Waals surface area contributed by atoms with Crippen LogP contribution in [0, 0.1) is 17.2 Å². The summed E-state index contributed by atoms with van der Waals surface area (Å²) in [5.74, 6) is -2.69. The highest BCUT2D eigenvalue weighted by Gasteiger charge is 2.36. The average Bonchev–Trinajstić information content (AvgIpc) is 3.36. The van der Waals surface area contributed by atoms with Crippen LogP contribution >= 0.6 is 11.6 Å². The SMILES string of the molecule is N#CC(C(=O)C1=NOC(c2ccccc2)C1)C(=O)c1c[nH]c2cc(Cl)ccc12. The molecule has 0 spiro atoms. The number of nitriles is 1. The Morgan fingerprint density at radius 3 is 2.75 bits per heavy atom. The fourth-order valence-corrected chi connectivity index (χ4v) is 3.40. The second-order valence-electron chi connectivity index (χ2n) is 6.43. The molecule has 4 rings (SSSR count). The molecule has 0 fully saturated rings. The lowest BCUT2D eigenvalue weighted by Gasteiger charge is -2.08. The molecule has 0 amide bonds. The normalized spacial score (nSPS) is 16.9. The molecule has 1 aliphatic rings. The molecule has 6 nitrogen and oxygen atoms in total. The highest BCUT2D eigenvalue weighted by atomic mass is 35.5. The Kier molecular flexibility index (Phi) is 4.68. The number of aromatic amines is 1. The number of hydrogen-bond donors (Lipinski definition) is 1. The number of hydrogen-bond acceptors (Lipinski definition) is 5. The number of nitrogens with one attached hydrogen (secondary N) is 1. The summed E-state index contributed by atoms with van der Waals surface area (Å²) < 4.78 is 0. The largest absolute Gasteiger partial charge is 0.387 e. The van der Waals surface area contributed by atoms with Crippen molar-refractivity contribution in [2.75, 3.05) is 0 Å². The molecule has 2 atom stereocenters. The minimum atomic E-state index is -1.48. The highest BCUT2D eigenvalue weighted by Crippen LogP contribution is 2.29. The van der Waals surface area contributed by atoms with Crippen LogP contribution in [0.4, 0.5) is 0 Å². The molecule has 138 valence electrons. The van der Waals surface area contributed by atoms with Crippen molar-refractivity contribution in [2.45, 2.75) is 12.5 Å². The lowest BCUT2D eigenvalue weighted by Crippen LogP contribution is -2.28. The van der Waals surface area contributed by atoms with Crippen molar-refractivity contribution in [1.82, 2.24) is 4.98 Å². The van der Waals surface area contributed by atoms with Crippen molar-refractivity contribution in [1.29, 1.82) is 5.26 Å². The maximum atomic E-state index is 12.9. The van der Waals surface area contributed by atoms with Gasteiger partial charge in [-0.2, -0.15) is 5.26 Å². The zero-order valence-corrected chi connectivity index (χ0v) is 15.3. The number of halogens is 1. The van der Waals surface area contributed by atoms with Gasteiger partial charge in [-0.1, -0.05) is 53.2 Å². The van der Waals surface area contributed by atoms with Crippen LogP contribution < -0.4 is 0 Å². The molecule has 28 heavy (non-hydrogen) atoms. The number of Topliss-reactive ketones (excluding diaryl/α,β-unsaturated/α-hetero) is 2. The Hall–Kier alpha value is -3.43. The van der Waals surface area contributed by atoms with Gasteiger partial charge in [0.05, 0.1) is 6.07 Å². The maximum Gasteiger partial charge on any atom is 0.205 e. The van der Waals surface area contributed by atoms with Gasteiger partial charge in [0.2, 0.25) is 5.78 Å². The summed E-state index contributed by atoms with van der Waals surface area (Å²) in [5, 5.41) is 14.5. The quantitative estimate of drug-likeness (QED) is 0.520. The van der Waals surface area contributed by atoms with E-state index in [9.17, 15) is 14.9 Å². The third kappa shape index (κ3) is 3.17. The lowest BCUT2D eigenvalue weighted by atomic mass is 9.90. The van der Waals surface area contributed by atoms with Gasteiger partial charge in [0.1, 0.15) is 5.71 Å². The fraction of sp³-hybridized carbons (Fsp3) is 0.143. The number of carbonyl (C=O) groups is 2. The maximum absolute atomic E-state index is 12.9. The number of nitrogens with zero attached hydrogens (tertiary/aromatic N) is 2. The Morgan fingerprint density at radius 2 is 2.00 bits per heavy atom. The molecule has 0 radical (unpaired) electrons. The first kappa shape index (κ1) is 18.0. The summed E-state index contributed by atoms with van der Waals surface area (Å²) in [6.07, 6.45) is 1.31. The molecule has 1 aromatic heterocycles. The zero-order chi connectivity index (χ0) is 19.7. The van der Waals surface area contributed by atoms with E-state index < -0.39 is 23.6 Å². The summed E-state index contributed by atoms with van der Waals surface area (Å²) in [5.41, 5.74) is 1.90. The van der Waals surface area contributed by atoms with Gasteiger partial charge in [0.15, 0.2) is 17.8 Å². The van der Waals surface area contributed by atoms with Gasteiger partial charge in [-0.25, -0.2) is 0 Å². The Morgan fingerprint density at radius 1 is 1.21 bits per heavy atom. The third-order valence-corrected chi connectivity index (χ3v) is 4.92. The van der Waals surface area contributed by atoms with Crippen molar-refractivity contribution < 1.29 is 14.4 Å². The molecule has 2 unspecified atom stereocenters.